The predicted molar refractivity (Wildman–Crippen MR) is 75.8 cm³/mol. The largest absolute Gasteiger partial charge is 0.490 e. The van der Waals surface area contributed by atoms with Crippen LogP contribution < -0.4 is 15.2 Å². The summed E-state index contributed by atoms with van der Waals surface area (Å²) in [6, 6.07) is 6.99. The van der Waals surface area contributed by atoms with Crippen LogP contribution in [0.4, 0.5) is 5.69 Å². The Bertz CT molecular complexity index is 493. The van der Waals surface area contributed by atoms with Gasteiger partial charge < -0.3 is 10.5 Å². The van der Waals surface area contributed by atoms with Gasteiger partial charge in [0.1, 0.15) is 5.75 Å². The Hall–Kier alpha value is -1.27. The van der Waals surface area contributed by atoms with Crippen molar-refractivity contribution in [2.45, 2.75) is 31.8 Å². The summed E-state index contributed by atoms with van der Waals surface area (Å²) in [4.78, 5) is 0. The van der Waals surface area contributed by atoms with Gasteiger partial charge in [0.25, 0.3) is 0 Å². The highest BCUT2D eigenvalue weighted by Crippen LogP contribution is 2.25. The van der Waals surface area contributed by atoms with Crippen LogP contribution in [0.25, 0.3) is 0 Å². The van der Waals surface area contributed by atoms with Crippen LogP contribution >= 0.6 is 0 Å². The van der Waals surface area contributed by atoms with E-state index in [1.807, 2.05) is 0 Å². The van der Waals surface area contributed by atoms with Crippen molar-refractivity contribution < 1.29 is 13.2 Å². The predicted octanol–water partition coefficient (Wildman–Crippen LogP) is 1.71. The summed E-state index contributed by atoms with van der Waals surface area (Å²) in [5.74, 6) is 0.710. The summed E-state index contributed by atoms with van der Waals surface area (Å²) in [6.45, 7) is 0.109. The average Bonchev–Trinajstić information content (AvgIpc) is 2.84. The highest BCUT2D eigenvalue weighted by molar-refractivity contribution is 7.92. The third kappa shape index (κ3) is 4.40. The highest BCUT2D eigenvalue weighted by atomic mass is 32.2. The van der Waals surface area contributed by atoms with E-state index < -0.39 is 10.0 Å². The first kappa shape index (κ1) is 14.1. The number of nitrogens with two attached hydrogens (primary N) is 1. The molecular weight excluding hydrogens is 264 g/mol. The molecule has 0 aliphatic heterocycles. The van der Waals surface area contributed by atoms with Gasteiger partial charge in [0, 0.05) is 12.2 Å². The molecule has 0 atom stereocenters. The molecule has 0 saturated heterocycles. The monoisotopic (exact) mass is 284 g/mol. The fraction of sp³-hybridized carbons (Fsp3) is 0.538. The second-order valence-corrected chi connectivity index (χ2v) is 6.60. The Balaban J connectivity index is 1.94. The Kier molecular flexibility index (Phi) is 4.66. The number of sulfonamides is 1. The van der Waals surface area contributed by atoms with Crippen LogP contribution in [0, 0.1) is 0 Å². The van der Waals surface area contributed by atoms with E-state index in [2.05, 4.69) is 4.72 Å². The fourth-order valence-corrected chi connectivity index (χ4v) is 3.09. The molecule has 1 aromatic rings. The molecular formula is C13H20N2O3S. The quantitative estimate of drug-likeness (QED) is 0.833. The molecule has 3 N–H and O–H groups in total. The van der Waals surface area contributed by atoms with Crippen molar-refractivity contribution in [3.63, 3.8) is 0 Å². The van der Waals surface area contributed by atoms with E-state index in [4.69, 9.17) is 10.5 Å². The summed E-state index contributed by atoms with van der Waals surface area (Å²) in [5.41, 5.74) is 5.78. The summed E-state index contributed by atoms with van der Waals surface area (Å²) < 4.78 is 31.4. The first-order chi connectivity index (χ1) is 9.09. The zero-order valence-electron chi connectivity index (χ0n) is 10.8. The number of rotatable bonds is 6. The SMILES string of the molecule is NCCS(=O)(=O)Nc1ccc(OC2CCCC2)cc1. The maximum absolute atomic E-state index is 11.5. The molecule has 0 bridgehead atoms. The van der Waals surface area contributed by atoms with Crippen LogP contribution in [0.2, 0.25) is 0 Å². The van der Waals surface area contributed by atoms with Crippen molar-refractivity contribution in [3.05, 3.63) is 24.3 Å². The maximum atomic E-state index is 11.5. The molecule has 0 radical (unpaired) electrons. The second kappa shape index (κ2) is 6.25. The third-order valence-electron chi connectivity index (χ3n) is 3.12. The first-order valence-corrected chi connectivity index (χ1v) is 8.21. The molecule has 0 aromatic heterocycles. The molecule has 2 rings (SSSR count). The van der Waals surface area contributed by atoms with Crippen molar-refractivity contribution in [1.29, 1.82) is 0 Å². The number of anilines is 1. The van der Waals surface area contributed by atoms with Crippen LogP contribution in [0.5, 0.6) is 5.75 Å². The van der Waals surface area contributed by atoms with Crippen LogP contribution in [-0.2, 0) is 10.0 Å². The number of nitrogens with one attached hydrogen (secondary N) is 1. The Morgan fingerprint density at radius 2 is 1.84 bits per heavy atom. The number of hydrogen-bond acceptors (Lipinski definition) is 4. The van der Waals surface area contributed by atoms with Crippen molar-refractivity contribution in [2.75, 3.05) is 17.0 Å². The summed E-state index contributed by atoms with van der Waals surface area (Å²) in [5, 5.41) is 0. The molecule has 1 aromatic carbocycles. The smallest absolute Gasteiger partial charge is 0.233 e. The van der Waals surface area contributed by atoms with E-state index in [1.54, 1.807) is 24.3 Å². The lowest BCUT2D eigenvalue weighted by molar-refractivity contribution is 0.210. The number of hydrogen-bond donors (Lipinski definition) is 2. The lowest BCUT2D eigenvalue weighted by atomic mass is 10.3. The van der Waals surface area contributed by atoms with E-state index in [9.17, 15) is 8.42 Å². The van der Waals surface area contributed by atoms with E-state index in [0.717, 1.165) is 18.6 Å². The van der Waals surface area contributed by atoms with E-state index in [-0.39, 0.29) is 12.3 Å². The standard InChI is InChI=1S/C13H20N2O3S/c14-9-10-19(16,17)15-11-5-7-13(8-6-11)18-12-3-1-2-4-12/h5-8,12,15H,1-4,9-10,14H2. The molecule has 0 amide bonds. The normalized spacial score (nSPS) is 16.5. The van der Waals surface area contributed by atoms with Crippen LogP contribution in [0.3, 0.4) is 0 Å². The molecule has 5 nitrogen and oxygen atoms in total. The topological polar surface area (TPSA) is 81.4 Å². The molecule has 0 heterocycles. The number of benzene rings is 1. The molecule has 1 aliphatic rings. The zero-order valence-corrected chi connectivity index (χ0v) is 11.7. The zero-order chi connectivity index (χ0) is 13.7. The minimum Gasteiger partial charge on any atom is -0.490 e. The molecule has 6 heteroatoms. The molecule has 1 aliphatic carbocycles. The summed E-state index contributed by atoms with van der Waals surface area (Å²) >= 11 is 0. The van der Waals surface area contributed by atoms with Crippen LogP contribution in [-0.4, -0.2) is 26.8 Å². The minimum absolute atomic E-state index is 0.0761. The van der Waals surface area contributed by atoms with Crippen molar-refractivity contribution in [3.8, 4) is 5.75 Å². The fourth-order valence-electron chi connectivity index (χ4n) is 2.19. The highest BCUT2D eigenvalue weighted by Gasteiger charge is 2.16. The Morgan fingerprint density at radius 3 is 2.42 bits per heavy atom. The van der Waals surface area contributed by atoms with Gasteiger partial charge in [-0.05, 0) is 49.9 Å². The molecule has 0 spiro atoms. The van der Waals surface area contributed by atoms with E-state index >= 15 is 0 Å². The van der Waals surface area contributed by atoms with Gasteiger partial charge in [0.15, 0.2) is 0 Å². The molecule has 106 valence electrons. The van der Waals surface area contributed by atoms with Gasteiger partial charge in [0.2, 0.25) is 10.0 Å². The van der Waals surface area contributed by atoms with Gasteiger partial charge in [-0.25, -0.2) is 8.42 Å². The Labute approximate surface area is 114 Å². The lowest BCUT2D eigenvalue weighted by Crippen LogP contribution is -2.22. The molecule has 1 fully saturated rings. The van der Waals surface area contributed by atoms with Gasteiger partial charge in [0.05, 0.1) is 11.9 Å². The van der Waals surface area contributed by atoms with Gasteiger partial charge in [-0.15, -0.1) is 0 Å². The number of ether oxygens (including phenoxy) is 1. The third-order valence-corrected chi connectivity index (χ3v) is 4.44. The first-order valence-electron chi connectivity index (χ1n) is 6.56. The molecule has 0 unspecified atom stereocenters. The van der Waals surface area contributed by atoms with Gasteiger partial charge >= 0.3 is 0 Å². The van der Waals surface area contributed by atoms with Crippen molar-refractivity contribution >= 4 is 15.7 Å². The van der Waals surface area contributed by atoms with Crippen LogP contribution in [0.1, 0.15) is 25.7 Å². The minimum atomic E-state index is -3.34. The Morgan fingerprint density at radius 1 is 1.21 bits per heavy atom. The maximum Gasteiger partial charge on any atom is 0.233 e. The lowest BCUT2D eigenvalue weighted by Gasteiger charge is -2.13. The second-order valence-electron chi connectivity index (χ2n) is 4.76. The summed E-state index contributed by atoms with van der Waals surface area (Å²) in [7, 11) is -3.34. The van der Waals surface area contributed by atoms with Crippen LogP contribution in [0.15, 0.2) is 24.3 Å². The van der Waals surface area contributed by atoms with Gasteiger partial charge in [-0.2, -0.15) is 0 Å². The van der Waals surface area contributed by atoms with Gasteiger partial charge in [-0.1, -0.05) is 0 Å². The van der Waals surface area contributed by atoms with Crippen molar-refractivity contribution in [2.24, 2.45) is 5.73 Å². The summed E-state index contributed by atoms with van der Waals surface area (Å²) in [6.07, 6.45) is 4.96. The van der Waals surface area contributed by atoms with Crippen molar-refractivity contribution in [1.82, 2.24) is 0 Å². The van der Waals surface area contributed by atoms with E-state index in [1.165, 1.54) is 12.8 Å². The molecule has 1 saturated carbocycles. The average molecular weight is 284 g/mol. The molecule has 19 heavy (non-hydrogen) atoms. The van der Waals surface area contributed by atoms with E-state index in [0.29, 0.717) is 11.8 Å². The van der Waals surface area contributed by atoms with Gasteiger partial charge in [-0.3, -0.25) is 4.72 Å².